The van der Waals surface area contributed by atoms with Crippen molar-refractivity contribution >= 4 is 22.8 Å². The highest BCUT2D eigenvalue weighted by molar-refractivity contribution is 6.06. The van der Waals surface area contributed by atoms with Crippen LogP contribution < -0.4 is 11.1 Å². The van der Waals surface area contributed by atoms with E-state index in [2.05, 4.69) is 15.2 Å². The fourth-order valence-electron chi connectivity index (χ4n) is 2.93. The summed E-state index contributed by atoms with van der Waals surface area (Å²) in [6.07, 6.45) is 0.0251. The molecule has 0 spiro atoms. The summed E-state index contributed by atoms with van der Waals surface area (Å²) < 4.78 is 6.42. The molecule has 1 aromatic carbocycles. The van der Waals surface area contributed by atoms with E-state index >= 15 is 0 Å². The van der Waals surface area contributed by atoms with Crippen LogP contribution in [0.1, 0.15) is 5.56 Å². The van der Waals surface area contributed by atoms with Crippen molar-refractivity contribution in [1.82, 2.24) is 14.6 Å². The molecule has 1 saturated heterocycles. The molecule has 0 radical (unpaired) electrons. The minimum Gasteiger partial charge on any atom is -0.425 e. The van der Waals surface area contributed by atoms with Crippen LogP contribution in [0.4, 0.5) is 5.95 Å². The van der Waals surface area contributed by atoms with E-state index in [4.69, 9.17) is 15.9 Å². The minimum atomic E-state index is -0.109. The predicted octanol–water partition coefficient (Wildman–Crippen LogP) is 0.299. The number of ether oxygens (including phenoxy) is 1. The summed E-state index contributed by atoms with van der Waals surface area (Å²) in [7, 11) is 3.69. The minimum absolute atomic E-state index is 0.0251. The average Bonchev–Trinajstić information content (AvgIpc) is 3.00. The maximum Gasteiger partial charge on any atom is 0.238 e. The van der Waals surface area contributed by atoms with E-state index in [0.29, 0.717) is 22.5 Å². The van der Waals surface area contributed by atoms with Crippen LogP contribution in [0.2, 0.25) is 0 Å². The van der Waals surface area contributed by atoms with E-state index < -0.39 is 0 Å². The van der Waals surface area contributed by atoms with Gasteiger partial charge in [0.25, 0.3) is 0 Å². The number of nitrogens with one attached hydrogen (secondary N) is 2. The zero-order chi connectivity index (χ0) is 15.9. The summed E-state index contributed by atoms with van der Waals surface area (Å²) in [4.78, 5) is 6.54. The molecule has 0 aliphatic carbocycles. The Morgan fingerprint density at radius 3 is 2.95 bits per heavy atom. The second kappa shape index (κ2) is 5.47. The Labute approximate surface area is 127 Å². The van der Waals surface area contributed by atoms with Gasteiger partial charge >= 0.3 is 0 Å². The van der Waals surface area contributed by atoms with Crippen molar-refractivity contribution in [3.05, 3.63) is 23.8 Å². The molecule has 1 fully saturated rings. The molecule has 5 N–H and O–H groups in total. The molecule has 0 saturated carbocycles. The third kappa shape index (κ3) is 2.36. The molecule has 2 aromatic rings. The quantitative estimate of drug-likeness (QED) is 0.367. The summed E-state index contributed by atoms with van der Waals surface area (Å²) >= 11 is 0. The fourth-order valence-corrected chi connectivity index (χ4v) is 2.93. The number of imidazole rings is 1. The van der Waals surface area contributed by atoms with Gasteiger partial charge in [0.15, 0.2) is 0 Å². The molecule has 8 nitrogen and oxygen atoms in total. The van der Waals surface area contributed by atoms with Gasteiger partial charge in [0.05, 0.1) is 17.7 Å². The van der Waals surface area contributed by atoms with E-state index in [9.17, 15) is 5.21 Å². The van der Waals surface area contributed by atoms with Crippen LogP contribution in [-0.4, -0.2) is 65.0 Å². The van der Waals surface area contributed by atoms with Crippen LogP contribution in [0.5, 0.6) is 0 Å². The van der Waals surface area contributed by atoms with Crippen LogP contribution >= 0.6 is 0 Å². The number of likely N-dealkylation sites (tertiary alicyclic amines) is 1. The number of nitrogen functional groups attached to an aromatic ring is 1. The monoisotopic (exact) mass is 304 g/mol. The number of rotatable bonds is 4. The molecule has 1 aliphatic rings. The summed E-state index contributed by atoms with van der Waals surface area (Å²) in [5.41, 5.74) is 7.03. The fraction of sp³-hybridized carbons (Fsp3) is 0.429. The van der Waals surface area contributed by atoms with Crippen LogP contribution in [-0.2, 0) is 4.74 Å². The summed E-state index contributed by atoms with van der Waals surface area (Å²) in [6, 6.07) is 5.24. The highest BCUT2D eigenvalue weighted by Crippen LogP contribution is 2.23. The molecule has 0 amide bonds. The third-order valence-electron chi connectivity index (χ3n) is 4.01. The Morgan fingerprint density at radius 1 is 1.50 bits per heavy atom. The topological polar surface area (TPSA) is 112 Å². The van der Waals surface area contributed by atoms with E-state index in [1.807, 2.05) is 7.05 Å². The molecule has 1 aromatic heterocycles. The van der Waals surface area contributed by atoms with Crippen molar-refractivity contribution in [2.45, 2.75) is 12.1 Å². The van der Waals surface area contributed by atoms with Crippen molar-refractivity contribution < 1.29 is 9.94 Å². The van der Waals surface area contributed by atoms with Gasteiger partial charge in [0, 0.05) is 25.8 Å². The van der Waals surface area contributed by atoms with Gasteiger partial charge in [0.2, 0.25) is 5.95 Å². The van der Waals surface area contributed by atoms with Gasteiger partial charge in [-0.2, -0.15) is 0 Å². The smallest absolute Gasteiger partial charge is 0.238 e. The predicted molar refractivity (Wildman–Crippen MR) is 83.6 cm³/mol. The maximum absolute atomic E-state index is 10.4. The van der Waals surface area contributed by atoms with Gasteiger partial charge in [0.1, 0.15) is 11.4 Å². The first-order chi connectivity index (χ1) is 10.5. The lowest BCUT2D eigenvalue weighted by molar-refractivity contribution is 0.104. The van der Waals surface area contributed by atoms with Crippen molar-refractivity contribution in [2.75, 3.05) is 32.6 Å². The number of hydrogen-bond acceptors (Lipinski definition) is 6. The zero-order valence-electron chi connectivity index (χ0n) is 12.6. The van der Waals surface area contributed by atoms with E-state index in [-0.39, 0.29) is 18.0 Å². The van der Waals surface area contributed by atoms with Crippen LogP contribution in [0, 0.1) is 5.41 Å². The molecular formula is C14H20N6O2. The summed E-state index contributed by atoms with van der Waals surface area (Å²) in [6.45, 7) is 1.61. The number of aromatic nitrogens is 2. The van der Waals surface area contributed by atoms with E-state index in [1.54, 1.807) is 25.3 Å². The number of anilines is 1. The summed E-state index contributed by atoms with van der Waals surface area (Å²) in [5, 5.41) is 21.2. The lowest BCUT2D eigenvalue weighted by Gasteiger charge is -2.18. The standard InChI is InChI=1S/C14H20N6O2/c1-19-6-10(11(7-19)22-2)18-14-17-9-5-3-4-8(13(15)16)12(9)20(14)21/h3-5,10-11,21H,6-7H2,1-2H3,(H3,15,16)(H,17,18)/t10-,11-/m1/s1. The second-order valence-electron chi connectivity index (χ2n) is 5.58. The first kappa shape index (κ1) is 14.6. The lowest BCUT2D eigenvalue weighted by atomic mass is 10.2. The Bertz CT molecular complexity index is 713. The van der Waals surface area contributed by atoms with Gasteiger partial charge in [-0.15, -0.1) is 4.73 Å². The van der Waals surface area contributed by atoms with Crippen LogP contribution in [0.15, 0.2) is 18.2 Å². The molecule has 0 bridgehead atoms. The number of benzene rings is 1. The second-order valence-corrected chi connectivity index (χ2v) is 5.58. The van der Waals surface area contributed by atoms with Crippen LogP contribution in [0.25, 0.3) is 11.0 Å². The van der Waals surface area contributed by atoms with Gasteiger partial charge in [-0.25, -0.2) is 4.98 Å². The zero-order valence-corrected chi connectivity index (χ0v) is 12.6. The van der Waals surface area contributed by atoms with Crippen molar-refractivity contribution in [2.24, 2.45) is 5.73 Å². The lowest BCUT2D eigenvalue weighted by Crippen LogP contribution is -2.34. The molecular weight excluding hydrogens is 284 g/mol. The largest absolute Gasteiger partial charge is 0.425 e. The number of para-hydroxylation sites is 1. The van der Waals surface area contributed by atoms with E-state index in [1.165, 1.54) is 0 Å². The number of hydrogen-bond donors (Lipinski definition) is 4. The average molecular weight is 304 g/mol. The van der Waals surface area contributed by atoms with Crippen molar-refractivity contribution in [1.29, 1.82) is 5.41 Å². The number of fused-ring (bicyclic) bond motifs is 1. The van der Waals surface area contributed by atoms with E-state index in [0.717, 1.165) is 17.8 Å². The van der Waals surface area contributed by atoms with Gasteiger partial charge in [-0.1, -0.05) is 6.07 Å². The SMILES string of the molecule is CO[C@@H]1CN(C)C[C@H]1Nc1nc2cccc(C(=N)N)c2n1O. The highest BCUT2D eigenvalue weighted by Gasteiger charge is 2.32. The number of nitrogens with two attached hydrogens (primary N) is 1. The molecule has 3 rings (SSSR count). The summed E-state index contributed by atoms with van der Waals surface area (Å²) in [5.74, 6) is 0.216. The van der Waals surface area contributed by atoms with Crippen LogP contribution in [0.3, 0.4) is 0 Å². The first-order valence-electron chi connectivity index (χ1n) is 7.04. The molecule has 8 heteroatoms. The molecule has 2 atom stereocenters. The van der Waals surface area contributed by atoms with Gasteiger partial charge in [-0.05, 0) is 19.2 Å². The number of amidine groups is 1. The van der Waals surface area contributed by atoms with Crippen molar-refractivity contribution in [3.8, 4) is 0 Å². The normalized spacial score (nSPS) is 22.3. The third-order valence-corrected chi connectivity index (χ3v) is 4.01. The van der Waals surface area contributed by atoms with Gasteiger partial charge < -0.3 is 25.9 Å². The van der Waals surface area contributed by atoms with Gasteiger partial charge in [-0.3, -0.25) is 5.41 Å². The number of methoxy groups -OCH3 is 1. The Balaban J connectivity index is 1.97. The molecule has 0 unspecified atom stereocenters. The maximum atomic E-state index is 10.4. The number of likely N-dealkylation sites (N-methyl/N-ethyl adjacent to an activating group) is 1. The highest BCUT2D eigenvalue weighted by atomic mass is 16.5. The Morgan fingerprint density at radius 2 is 2.27 bits per heavy atom. The molecule has 22 heavy (non-hydrogen) atoms. The molecule has 2 heterocycles. The molecule has 1 aliphatic heterocycles. The number of nitrogens with zero attached hydrogens (tertiary/aromatic N) is 3. The van der Waals surface area contributed by atoms with Crippen molar-refractivity contribution in [3.63, 3.8) is 0 Å². The Hall–Kier alpha value is -2.32. The first-order valence-corrected chi connectivity index (χ1v) is 7.04. The molecule has 118 valence electrons. The Kier molecular flexibility index (Phi) is 3.63.